The van der Waals surface area contributed by atoms with Gasteiger partial charge in [0.2, 0.25) is 5.91 Å². The zero-order valence-corrected chi connectivity index (χ0v) is 24.7. The van der Waals surface area contributed by atoms with Gasteiger partial charge in [-0.05, 0) is 74.9 Å². The van der Waals surface area contributed by atoms with E-state index in [0.29, 0.717) is 22.9 Å². The summed E-state index contributed by atoms with van der Waals surface area (Å²) in [5.41, 5.74) is 3.67. The number of carbonyl (C=O) groups excluding carboxylic acids is 2. The third-order valence-electron chi connectivity index (χ3n) is 8.73. The van der Waals surface area contributed by atoms with E-state index in [1.165, 1.54) is 44.9 Å². The number of carbonyl (C=O) groups is 2. The number of likely N-dealkylation sites (tertiary alicyclic amines) is 1. The molecule has 3 aromatic carbocycles. The van der Waals surface area contributed by atoms with Crippen molar-refractivity contribution in [2.24, 2.45) is 0 Å². The Hall–Kier alpha value is -4.10. The normalized spacial score (nSPS) is 20.5. The Bertz CT molecular complexity index is 1450. The number of ether oxygens (including phenoxy) is 2. The van der Waals surface area contributed by atoms with E-state index in [1.54, 1.807) is 42.0 Å². The van der Waals surface area contributed by atoms with Gasteiger partial charge in [-0.3, -0.25) is 15.0 Å². The second kappa shape index (κ2) is 13.9. The van der Waals surface area contributed by atoms with E-state index >= 15 is 0 Å². The van der Waals surface area contributed by atoms with Gasteiger partial charge in [0.05, 0.1) is 5.92 Å². The first-order chi connectivity index (χ1) is 21.1. The molecule has 1 saturated heterocycles. The van der Waals surface area contributed by atoms with Crippen LogP contribution in [0.4, 0.5) is 10.5 Å². The highest BCUT2D eigenvalue weighted by molar-refractivity contribution is 5.91. The van der Waals surface area contributed by atoms with E-state index in [1.807, 2.05) is 36.4 Å². The highest BCUT2D eigenvalue weighted by atomic mass is 16.6. The number of benzene rings is 3. The summed E-state index contributed by atoms with van der Waals surface area (Å²) in [5.74, 6) is 1.15. The van der Waals surface area contributed by atoms with Crippen LogP contribution in [0.15, 0.2) is 84.4 Å². The molecule has 0 radical (unpaired) electrons. The predicted octanol–water partition coefficient (Wildman–Crippen LogP) is 7.79. The number of hydrogen-bond acceptors (Lipinski definition) is 5. The highest BCUT2D eigenvalue weighted by Gasteiger charge is 2.34. The molecule has 1 atom stereocenters. The fraction of sp³-hybridized carbons (Fsp3) is 0.389. The lowest BCUT2D eigenvalue weighted by atomic mass is 9.86. The predicted molar refractivity (Wildman–Crippen MR) is 169 cm³/mol. The van der Waals surface area contributed by atoms with Crippen LogP contribution in [0.25, 0.3) is 0 Å². The number of allylic oxidation sites excluding steroid dienone is 1. The summed E-state index contributed by atoms with van der Waals surface area (Å²) < 4.78 is 11.6. The van der Waals surface area contributed by atoms with Gasteiger partial charge < -0.3 is 14.8 Å². The van der Waals surface area contributed by atoms with Crippen molar-refractivity contribution in [1.29, 1.82) is 0 Å². The molecule has 1 fully saturated rings. The first-order valence-electron chi connectivity index (χ1n) is 15.8. The van der Waals surface area contributed by atoms with E-state index in [0.717, 1.165) is 43.6 Å². The Morgan fingerprint density at radius 3 is 2.44 bits per heavy atom. The smallest absolute Gasteiger partial charge is 0.417 e. The van der Waals surface area contributed by atoms with Gasteiger partial charge in [-0.2, -0.15) is 0 Å². The number of piperidine rings is 1. The summed E-state index contributed by atoms with van der Waals surface area (Å²) in [6.45, 7) is 3.03. The molecule has 0 spiro atoms. The molecule has 2 N–H and O–H groups in total. The summed E-state index contributed by atoms with van der Waals surface area (Å²) in [4.78, 5) is 29.1. The molecule has 1 aliphatic carbocycles. The molecular formula is C36H41N3O4. The molecule has 1 unspecified atom stereocenters. The zero-order chi connectivity index (χ0) is 29.4. The molecule has 3 aliphatic rings. The third kappa shape index (κ3) is 7.46. The lowest BCUT2D eigenvalue weighted by Gasteiger charge is -2.34. The van der Waals surface area contributed by atoms with Gasteiger partial charge in [0, 0.05) is 42.5 Å². The average Bonchev–Trinajstić information content (AvgIpc) is 3.15. The zero-order valence-electron chi connectivity index (χ0n) is 24.7. The molecule has 0 bridgehead atoms. The number of nitrogens with zero attached hydrogens (tertiary/aromatic N) is 1. The topological polar surface area (TPSA) is 79.9 Å². The Morgan fingerprint density at radius 2 is 1.58 bits per heavy atom. The van der Waals surface area contributed by atoms with Gasteiger partial charge >= 0.3 is 6.09 Å². The van der Waals surface area contributed by atoms with Crippen molar-refractivity contribution in [2.75, 3.05) is 25.0 Å². The van der Waals surface area contributed by atoms with Crippen LogP contribution in [0.1, 0.15) is 74.8 Å². The van der Waals surface area contributed by atoms with Gasteiger partial charge in [-0.25, -0.2) is 4.79 Å². The molecule has 3 aromatic rings. The first-order valence-corrected chi connectivity index (χ1v) is 15.8. The molecule has 0 saturated carbocycles. The molecule has 2 aliphatic heterocycles. The minimum absolute atomic E-state index is 0.0431. The van der Waals surface area contributed by atoms with Crippen LogP contribution < -0.4 is 20.1 Å². The van der Waals surface area contributed by atoms with Gasteiger partial charge in [-0.1, -0.05) is 67.3 Å². The number of fused-ring (bicyclic) bond motifs is 2. The van der Waals surface area contributed by atoms with Crippen LogP contribution in [0.5, 0.6) is 17.2 Å². The summed E-state index contributed by atoms with van der Waals surface area (Å²) in [5, 5.41) is 6.16. The van der Waals surface area contributed by atoms with Crippen molar-refractivity contribution in [3.8, 4) is 17.2 Å². The van der Waals surface area contributed by atoms with E-state index in [9.17, 15) is 9.59 Å². The summed E-state index contributed by atoms with van der Waals surface area (Å²) >= 11 is 0. The number of amides is 2. The minimum atomic E-state index is -0.596. The fourth-order valence-corrected chi connectivity index (χ4v) is 6.45. The Balaban J connectivity index is 1.12. The monoisotopic (exact) mass is 579 g/mol. The third-order valence-corrected chi connectivity index (χ3v) is 8.73. The van der Waals surface area contributed by atoms with Crippen LogP contribution >= 0.6 is 0 Å². The molecule has 7 nitrogen and oxygen atoms in total. The van der Waals surface area contributed by atoms with Crippen LogP contribution in [0.3, 0.4) is 0 Å². The number of rotatable bonds is 6. The Labute approximate surface area is 254 Å². The number of hydrogen-bond donors (Lipinski definition) is 2. The van der Waals surface area contributed by atoms with Crippen LogP contribution in [-0.4, -0.2) is 42.6 Å². The molecule has 43 heavy (non-hydrogen) atoms. The lowest BCUT2D eigenvalue weighted by molar-refractivity contribution is -0.122. The Morgan fingerprint density at radius 1 is 0.837 bits per heavy atom. The van der Waals surface area contributed by atoms with Crippen LogP contribution in [-0.2, 0) is 4.79 Å². The fourth-order valence-electron chi connectivity index (χ4n) is 6.45. The second-order valence-corrected chi connectivity index (χ2v) is 11.9. The number of anilines is 1. The maximum absolute atomic E-state index is 14.0. The van der Waals surface area contributed by atoms with Crippen LogP contribution in [0, 0.1) is 0 Å². The van der Waals surface area contributed by atoms with Crippen molar-refractivity contribution < 1.29 is 19.1 Å². The summed E-state index contributed by atoms with van der Waals surface area (Å²) in [7, 11) is 0. The largest absolute Gasteiger partial charge is 0.457 e. The molecule has 224 valence electrons. The minimum Gasteiger partial charge on any atom is -0.457 e. The molecule has 6 rings (SSSR count). The van der Waals surface area contributed by atoms with Crippen molar-refractivity contribution >= 4 is 17.7 Å². The number of para-hydroxylation sites is 2. The average molecular weight is 580 g/mol. The summed E-state index contributed by atoms with van der Waals surface area (Å²) in [6, 6.07) is 22.1. The van der Waals surface area contributed by atoms with E-state index in [4.69, 9.17) is 9.47 Å². The second-order valence-electron chi connectivity index (χ2n) is 11.9. The van der Waals surface area contributed by atoms with Crippen molar-refractivity contribution in [3.05, 3.63) is 95.6 Å². The van der Waals surface area contributed by atoms with E-state index < -0.39 is 12.0 Å². The molecule has 7 heteroatoms. The maximum Gasteiger partial charge on any atom is 0.417 e. The molecule has 2 amide bonds. The van der Waals surface area contributed by atoms with Gasteiger partial charge in [0.1, 0.15) is 17.2 Å². The summed E-state index contributed by atoms with van der Waals surface area (Å²) in [6.07, 6.45) is 12.9. The molecule has 0 aromatic heterocycles. The van der Waals surface area contributed by atoms with Gasteiger partial charge in [0.15, 0.2) is 0 Å². The van der Waals surface area contributed by atoms with Crippen LogP contribution in [0.2, 0.25) is 0 Å². The van der Waals surface area contributed by atoms with E-state index in [-0.39, 0.29) is 11.9 Å². The van der Waals surface area contributed by atoms with Gasteiger partial charge in [0.25, 0.3) is 0 Å². The van der Waals surface area contributed by atoms with E-state index in [2.05, 4.69) is 21.6 Å². The van der Waals surface area contributed by atoms with Crippen molar-refractivity contribution in [2.45, 2.75) is 69.7 Å². The molecular weight excluding hydrogens is 538 g/mol. The van der Waals surface area contributed by atoms with Crippen molar-refractivity contribution in [1.82, 2.24) is 10.2 Å². The number of nitrogens with one attached hydrogen (secondary N) is 2. The SMILES string of the molecule is O=C(Nc1ccc2c(c1)C(C(=O)NC1CCN(C/C3=C/CCCCCCC3)CC1)c1ccccc1O2)Oc1ccccc1. The van der Waals surface area contributed by atoms with Crippen molar-refractivity contribution in [3.63, 3.8) is 0 Å². The molecule has 2 heterocycles. The first kappa shape index (κ1) is 29.0. The van der Waals surface area contributed by atoms with Gasteiger partial charge in [-0.15, -0.1) is 0 Å². The lowest BCUT2D eigenvalue weighted by Crippen LogP contribution is -2.46. The maximum atomic E-state index is 14.0. The highest BCUT2D eigenvalue weighted by Crippen LogP contribution is 2.45. The quantitative estimate of drug-likeness (QED) is 0.292. The standard InChI is InChI=1S/C36H41N3O4/c40-35(37-27-20-22-39(23-21-27)25-26-12-6-3-1-2-4-7-13-26)34-30-16-10-11-17-32(30)43-33-19-18-28(24-31(33)34)38-36(41)42-29-14-8-5-9-15-29/h5,8-12,14-19,24,27,34H,1-4,6-7,13,20-23,25H2,(H,37,40)(H,38,41)/b26-12+. The Kier molecular flexibility index (Phi) is 9.38.